The minimum atomic E-state index is -0.897. The van der Waals surface area contributed by atoms with Crippen molar-refractivity contribution in [3.63, 3.8) is 0 Å². The van der Waals surface area contributed by atoms with Crippen LogP contribution < -0.4 is 5.73 Å². The Morgan fingerprint density at radius 3 is 2.59 bits per heavy atom. The van der Waals surface area contributed by atoms with Crippen LogP contribution in [-0.4, -0.2) is 36.1 Å². The molecule has 1 fully saturated rings. The van der Waals surface area contributed by atoms with Crippen LogP contribution in [0.4, 0.5) is 0 Å². The summed E-state index contributed by atoms with van der Waals surface area (Å²) >= 11 is 0. The first-order chi connectivity index (χ1) is 8.08. The highest BCUT2D eigenvalue weighted by atomic mass is 16.4. The average Bonchev–Trinajstić information content (AvgIpc) is 2.75. The summed E-state index contributed by atoms with van der Waals surface area (Å²) in [5.41, 5.74) is 7.55. The monoisotopic (exact) mass is 234 g/mol. The van der Waals surface area contributed by atoms with E-state index in [1.807, 2.05) is 12.1 Å². The quantitative estimate of drug-likeness (QED) is 0.828. The lowest BCUT2D eigenvalue weighted by molar-refractivity contribution is 0.0697. The van der Waals surface area contributed by atoms with Gasteiger partial charge in [0.25, 0.3) is 0 Å². The summed E-state index contributed by atoms with van der Waals surface area (Å²) in [4.78, 5) is 13.0. The lowest BCUT2D eigenvalue weighted by atomic mass is 9.92. The molecule has 0 aliphatic carbocycles. The highest BCUT2D eigenvalue weighted by Gasteiger charge is 2.26. The molecule has 17 heavy (non-hydrogen) atoms. The molecule has 0 aromatic heterocycles. The Bertz CT molecular complexity index is 402. The van der Waals surface area contributed by atoms with Crippen molar-refractivity contribution in [2.75, 3.05) is 20.1 Å². The summed E-state index contributed by atoms with van der Waals surface area (Å²) in [7, 11) is 2.10. The molecule has 1 aliphatic rings. The van der Waals surface area contributed by atoms with Gasteiger partial charge in [0.05, 0.1) is 5.56 Å². The highest BCUT2D eigenvalue weighted by molar-refractivity contribution is 5.87. The second kappa shape index (κ2) is 4.85. The summed E-state index contributed by atoms with van der Waals surface area (Å²) in [6, 6.07) is 6.90. The molecule has 0 spiro atoms. The molecule has 4 nitrogen and oxygen atoms in total. The first kappa shape index (κ1) is 12.1. The molecular formula is C13H18N2O2. The van der Waals surface area contributed by atoms with Gasteiger partial charge >= 0.3 is 5.97 Å². The van der Waals surface area contributed by atoms with Gasteiger partial charge in [0, 0.05) is 12.6 Å². The van der Waals surface area contributed by atoms with Gasteiger partial charge in [0.1, 0.15) is 0 Å². The Morgan fingerprint density at radius 2 is 2.12 bits per heavy atom. The van der Waals surface area contributed by atoms with Gasteiger partial charge < -0.3 is 15.7 Å². The maximum Gasteiger partial charge on any atom is 0.335 e. The van der Waals surface area contributed by atoms with Gasteiger partial charge in [-0.25, -0.2) is 4.79 Å². The number of hydrogen-bond donors (Lipinski definition) is 2. The molecule has 0 saturated carbocycles. The SMILES string of the molecule is CN1CCC(C(N)c2ccc(C(=O)O)cc2)C1. The molecule has 2 atom stereocenters. The number of aromatic carboxylic acids is 1. The van der Waals surface area contributed by atoms with Gasteiger partial charge in [-0.15, -0.1) is 0 Å². The summed E-state index contributed by atoms with van der Waals surface area (Å²) in [6.45, 7) is 2.10. The number of carboxylic acid groups (broad SMARTS) is 1. The van der Waals surface area contributed by atoms with Crippen LogP contribution in [0, 0.1) is 5.92 Å². The highest BCUT2D eigenvalue weighted by Crippen LogP contribution is 2.27. The Labute approximate surface area is 101 Å². The van der Waals surface area contributed by atoms with E-state index in [-0.39, 0.29) is 6.04 Å². The molecule has 1 saturated heterocycles. The number of rotatable bonds is 3. The summed E-state index contributed by atoms with van der Waals surface area (Å²) in [6.07, 6.45) is 1.11. The van der Waals surface area contributed by atoms with Crippen molar-refractivity contribution in [1.82, 2.24) is 4.90 Å². The van der Waals surface area contributed by atoms with E-state index in [1.165, 1.54) is 0 Å². The lowest BCUT2D eigenvalue weighted by Crippen LogP contribution is -2.24. The van der Waals surface area contributed by atoms with E-state index >= 15 is 0 Å². The van der Waals surface area contributed by atoms with E-state index in [2.05, 4.69) is 11.9 Å². The third-order valence-electron chi connectivity index (χ3n) is 3.48. The first-order valence-electron chi connectivity index (χ1n) is 5.85. The topological polar surface area (TPSA) is 66.6 Å². The Hall–Kier alpha value is -1.39. The minimum absolute atomic E-state index is 0.00259. The third-order valence-corrected chi connectivity index (χ3v) is 3.48. The smallest absolute Gasteiger partial charge is 0.335 e. The summed E-state index contributed by atoms with van der Waals surface area (Å²) in [5, 5.41) is 8.82. The average molecular weight is 234 g/mol. The van der Waals surface area contributed by atoms with Gasteiger partial charge in [0.2, 0.25) is 0 Å². The Morgan fingerprint density at radius 1 is 1.47 bits per heavy atom. The number of carbonyl (C=O) groups is 1. The number of likely N-dealkylation sites (tertiary alicyclic amines) is 1. The van der Waals surface area contributed by atoms with Crippen molar-refractivity contribution in [3.05, 3.63) is 35.4 Å². The second-order valence-corrected chi connectivity index (χ2v) is 4.76. The van der Waals surface area contributed by atoms with Crippen LogP contribution in [0.25, 0.3) is 0 Å². The molecule has 4 heteroatoms. The van der Waals surface area contributed by atoms with Crippen LogP contribution in [-0.2, 0) is 0 Å². The molecule has 1 aromatic carbocycles. The number of hydrogen-bond acceptors (Lipinski definition) is 3. The molecule has 3 N–H and O–H groups in total. The number of nitrogens with zero attached hydrogens (tertiary/aromatic N) is 1. The van der Waals surface area contributed by atoms with Gasteiger partial charge in [-0.05, 0) is 43.6 Å². The maximum absolute atomic E-state index is 10.7. The zero-order valence-corrected chi connectivity index (χ0v) is 9.97. The largest absolute Gasteiger partial charge is 0.478 e. The maximum atomic E-state index is 10.7. The van der Waals surface area contributed by atoms with Gasteiger partial charge in [-0.1, -0.05) is 12.1 Å². The molecule has 2 unspecified atom stereocenters. The van der Waals surface area contributed by atoms with Crippen LogP contribution in [0.15, 0.2) is 24.3 Å². The molecule has 0 radical (unpaired) electrons. The predicted octanol–water partition coefficient (Wildman–Crippen LogP) is 1.34. The van der Waals surface area contributed by atoms with E-state index in [0.717, 1.165) is 25.1 Å². The number of carboxylic acids is 1. The Balaban J connectivity index is 2.09. The van der Waals surface area contributed by atoms with Crippen molar-refractivity contribution in [3.8, 4) is 0 Å². The van der Waals surface area contributed by atoms with Crippen LogP contribution in [0.2, 0.25) is 0 Å². The fourth-order valence-electron chi connectivity index (χ4n) is 2.38. The number of nitrogens with two attached hydrogens (primary N) is 1. The van der Waals surface area contributed by atoms with Gasteiger partial charge in [0.15, 0.2) is 0 Å². The normalized spacial score (nSPS) is 22.6. The summed E-state index contributed by atoms with van der Waals surface area (Å²) < 4.78 is 0. The van der Waals surface area contributed by atoms with E-state index in [0.29, 0.717) is 11.5 Å². The molecule has 2 rings (SSSR count). The van der Waals surface area contributed by atoms with E-state index in [9.17, 15) is 4.79 Å². The second-order valence-electron chi connectivity index (χ2n) is 4.76. The molecule has 1 aromatic rings. The summed E-state index contributed by atoms with van der Waals surface area (Å²) in [5.74, 6) is -0.429. The lowest BCUT2D eigenvalue weighted by Gasteiger charge is -2.19. The molecule has 1 heterocycles. The zero-order valence-electron chi connectivity index (χ0n) is 9.97. The van der Waals surface area contributed by atoms with Gasteiger partial charge in [-0.2, -0.15) is 0 Å². The first-order valence-corrected chi connectivity index (χ1v) is 5.85. The van der Waals surface area contributed by atoms with E-state index < -0.39 is 5.97 Å². The van der Waals surface area contributed by atoms with E-state index in [4.69, 9.17) is 10.8 Å². The molecule has 0 bridgehead atoms. The van der Waals surface area contributed by atoms with Crippen molar-refractivity contribution in [1.29, 1.82) is 0 Å². The fourth-order valence-corrected chi connectivity index (χ4v) is 2.38. The minimum Gasteiger partial charge on any atom is -0.478 e. The molecular weight excluding hydrogens is 216 g/mol. The standard InChI is InChI=1S/C13H18N2O2/c1-15-7-6-11(8-15)12(14)9-2-4-10(5-3-9)13(16)17/h2-5,11-12H,6-8,14H2,1H3,(H,16,17). The molecule has 92 valence electrons. The van der Waals surface area contributed by atoms with E-state index in [1.54, 1.807) is 12.1 Å². The van der Waals surface area contributed by atoms with Gasteiger partial charge in [-0.3, -0.25) is 0 Å². The fraction of sp³-hybridized carbons (Fsp3) is 0.462. The van der Waals surface area contributed by atoms with Crippen LogP contribution in [0.5, 0.6) is 0 Å². The van der Waals surface area contributed by atoms with Crippen molar-refractivity contribution in [2.45, 2.75) is 12.5 Å². The zero-order chi connectivity index (χ0) is 12.4. The van der Waals surface area contributed by atoms with Crippen molar-refractivity contribution in [2.24, 2.45) is 11.7 Å². The van der Waals surface area contributed by atoms with Crippen LogP contribution in [0.1, 0.15) is 28.4 Å². The molecule has 1 aliphatic heterocycles. The van der Waals surface area contributed by atoms with Crippen molar-refractivity contribution < 1.29 is 9.90 Å². The molecule has 0 amide bonds. The van der Waals surface area contributed by atoms with Crippen LogP contribution >= 0.6 is 0 Å². The number of benzene rings is 1. The van der Waals surface area contributed by atoms with Crippen LogP contribution in [0.3, 0.4) is 0 Å². The predicted molar refractivity (Wildman–Crippen MR) is 65.9 cm³/mol. The Kier molecular flexibility index (Phi) is 3.45. The van der Waals surface area contributed by atoms with Crippen molar-refractivity contribution >= 4 is 5.97 Å². The third kappa shape index (κ3) is 2.65.